The number of fused-ring (bicyclic) bond motifs is 1. The molecule has 0 amide bonds. The van der Waals surface area contributed by atoms with Gasteiger partial charge in [-0.1, -0.05) is 32.3 Å². The molecule has 1 aromatic carbocycles. The highest BCUT2D eigenvalue weighted by molar-refractivity contribution is 5.43. The van der Waals surface area contributed by atoms with Crippen molar-refractivity contribution in [3.8, 4) is 11.5 Å². The van der Waals surface area contributed by atoms with Gasteiger partial charge in [-0.05, 0) is 49.4 Å². The summed E-state index contributed by atoms with van der Waals surface area (Å²) >= 11 is 0. The van der Waals surface area contributed by atoms with E-state index < -0.39 is 0 Å². The molecule has 1 aliphatic carbocycles. The fourth-order valence-corrected chi connectivity index (χ4v) is 3.61. The van der Waals surface area contributed by atoms with Gasteiger partial charge in [-0.2, -0.15) is 0 Å². The van der Waals surface area contributed by atoms with Crippen LogP contribution in [-0.4, -0.2) is 25.8 Å². The van der Waals surface area contributed by atoms with Crippen molar-refractivity contribution in [3.63, 3.8) is 0 Å². The van der Waals surface area contributed by atoms with Crippen molar-refractivity contribution in [2.75, 3.05) is 19.8 Å². The third kappa shape index (κ3) is 3.70. The molecule has 3 rings (SSSR count). The maximum Gasteiger partial charge on any atom is 0.161 e. The Hall–Kier alpha value is -1.22. The summed E-state index contributed by atoms with van der Waals surface area (Å²) in [5.74, 6) is 2.66. The van der Waals surface area contributed by atoms with E-state index >= 15 is 0 Å². The summed E-state index contributed by atoms with van der Waals surface area (Å²) in [6.07, 6.45) is 7.92. The van der Waals surface area contributed by atoms with Crippen molar-refractivity contribution in [3.05, 3.63) is 23.8 Å². The highest BCUT2D eigenvalue weighted by Crippen LogP contribution is 2.31. The fraction of sp³-hybridized carbons (Fsp3) is 0.667. The zero-order valence-electron chi connectivity index (χ0n) is 13.1. The maximum absolute atomic E-state index is 5.65. The first-order chi connectivity index (χ1) is 10.4. The average molecular weight is 289 g/mol. The second kappa shape index (κ2) is 7.17. The molecule has 0 saturated heterocycles. The minimum atomic E-state index is 0.661. The van der Waals surface area contributed by atoms with Gasteiger partial charge in [-0.3, -0.25) is 0 Å². The lowest BCUT2D eigenvalue weighted by Gasteiger charge is -2.31. The highest BCUT2D eigenvalue weighted by atomic mass is 16.6. The fourth-order valence-electron chi connectivity index (χ4n) is 3.61. The Bertz CT molecular complexity index is 461. The van der Waals surface area contributed by atoms with Crippen LogP contribution in [-0.2, 0) is 6.42 Å². The third-order valence-electron chi connectivity index (χ3n) is 4.86. The quantitative estimate of drug-likeness (QED) is 0.899. The minimum absolute atomic E-state index is 0.661. The van der Waals surface area contributed by atoms with E-state index in [0.717, 1.165) is 36.4 Å². The molecule has 21 heavy (non-hydrogen) atoms. The van der Waals surface area contributed by atoms with Crippen LogP contribution < -0.4 is 14.8 Å². The molecule has 1 aliphatic heterocycles. The van der Waals surface area contributed by atoms with E-state index in [1.165, 1.54) is 37.7 Å². The number of rotatable bonds is 5. The lowest BCUT2D eigenvalue weighted by atomic mass is 9.83. The Labute approximate surface area is 128 Å². The Kier molecular flexibility index (Phi) is 5.02. The molecule has 3 nitrogen and oxygen atoms in total. The van der Waals surface area contributed by atoms with Gasteiger partial charge in [0.1, 0.15) is 13.2 Å². The number of hydrogen-bond donors (Lipinski definition) is 1. The second-order valence-electron chi connectivity index (χ2n) is 6.24. The Balaban J connectivity index is 1.50. The van der Waals surface area contributed by atoms with Crippen LogP contribution >= 0.6 is 0 Å². The Morgan fingerprint density at radius 3 is 2.76 bits per heavy atom. The molecule has 1 saturated carbocycles. The first-order valence-corrected chi connectivity index (χ1v) is 8.48. The van der Waals surface area contributed by atoms with Crippen LogP contribution in [0.3, 0.4) is 0 Å². The molecule has 2 aliphatic rings. The van der Waals surface area contributed by atoms with E-state index in [-0.39, 0.29) is 0 Å². The van der Waals surface area contributed by atoms with Crippen LogP contribution in [0.4, 0.5) is 0 Å². The standard InChI is InChI=1S/C18H27NO2/c1-2-15-5-3-4-6-16(15)19-10-9-14-7-8-17-18(13-14)21-12-11-20-17/h7-8,13,15-16,19H,2-6,9-12H2,1H3. The van der Waals surface area contributed by atoms with E-state index in [4.69, 9.17) is 9.47 Å². The monoisotopic (exact) mass is 289 g/mol. The normalized spacial score (nSPS) is 24.8. The number of ether oxygens (including phenoxy) is 2. The van der Waals surface area contributed by atoms with E-state index in [1.54, 1.807) is 0 Å². The van der Waals surface area contributed by atoms with Crippen molar-refractivity contribution in [2.45, 2.75) is 51.5 Å². The lowest BCUT2D eigenvalue weighted by molar-refractivity contribution is 0.171. The number of benzene rings is 1. The van der Waals surface area contributed by atoms with Crippen LogP contribution in [0.2, 0.25) is 0 Å². The van der Waals surface area contributed by atoms with Gasteiger partial charge in [0.25, 0.3) is 0 Å². The van der Waals surface area contributed by atoms with Crippen molar-refractivity contribution in [1.82, 2.24) is 5.32 Å². The maximum atomic E-state index is 5.65. The summed E-state index contributed by atoms with van der Waals surface area (Å²) in [4.78, 5) is 0. The molecule has 3 heteroatoms. The molecule has 0 bridgehead atoms. The predicted octanol–water partition coefficient (Wildman–Crippen LogP) is 3.56. The summed E-state index contributed by atoms with van der Waals surface area (Å²) in [5, 5.41) is 3.78. The second-order valence-corrected chi connectivity index (χ2v) is 6.24. The van der Waals surface area contributed by atoms with Gasteiger partial charge in [-0.25, -0.2) is 0 Å². The first-order valence-electron chi connectivity index (χ1n) is 8.48. The van der Waals surface area contributed by atoms with Crippen LogP contribution in [0.25, 0.3) is 0 Å². The molecule has 1 heterocycles. The molecular formula is C18H27NO2. The molecule has 116 valence electrons. The van der Waals surface area contributed by atoms with Crippen molar-refractivity contribution >= 4 is 0 Å². The SMILES string of the molecule is CCC1CCCCC1NCCc1ccc2c(c1)OCCO2. The van der Waals surface area contributed by atoms with Gasteiger partial charge < -0.3 is 14.8 Å². The molecule has 1 fully saturated rings. The van der Waals surface area contributed by atoms with E-state index in [2.05, 4.69) is 24.4 Å². The van der Waals surface area contributed by atoms with Gasteiger partial charge in [0.2, 0.25) is 0 Å². The largest absolute Gasteiger partial charge is 0.486 e. The summed E-state index contributed by atoms with van der Waals surface area (Å²) in [6, 6.07) is 7.06. The summed E-state index contributed by atoms with van der Waals surface area (Å²) in [5.41, 5.74) is 1.33. The molecule has 0 radical (unpaired) electrons. The topological polar surface area (TPSA) is 30.5 Å². The number of hydrogen-bond acceptors (Lipinski definition) is 3. The van der Waals surface area contributed by atoms with E-state index in [0.29, 0.717) is 13.2 Å². The van der Waals surface area contributed by atoms with Crippen LogP contribution in [0.5, 0.6) is 11.5 Å². The summed E-state index contributed by atoms with van der Waals surface area (Å²) in [6.45, 7) is 4.70. The van der Waals surface area contributed by atoms with Gasteiger partial charge in [0.15, 0.2) is 11.5 Å². The molecule has 1 N–H and O–H groups in total. The van der Waals surface area contributed by atoms with Crippen molar-refractivity contribution in [1.29, 1.82) is 0 Å². The molecule has 1 aromatic rings. The molecule has 2 unspecified atom stereocenters. The van der Waals surface area contributed by atoms with Crippen molar-refractivity contribution in [2.24, 2.45) is 5.92 Å². The van der Waals surface area contributed by atoms with E-state index in [1.807, 2.05) is 6.07 Å². The lowest BCUT2D eigenvalue weighted by Crippen LogP contribution is -2.39. The van der Waals surface area contributed by atoms with Gasteiger partial charge in [0.05, 0.1) is 0 Å². The number of nitrogens with one attached hydrogen (secondary N) is 1. The Morgan fingerprint density at radius 2 is 1.90 bits per heavy atom. The predicted molar refractivity (Wildman–Crippen MR) is 85.2 cm³/mol. The summed E-state index contributed by atoms with van der Waals surface area (Å²) in [7, 11) is 0. The summed E-state index contributed by atoms with van der Waals surface area (Å²) < 4.78 is 11.2. The third-order valence-corrected chi connectivity index (χ3v) is 4.86. The smallest absolute Gasteiger partial charge is 0.161 e. The Morgan fingerprint density at radius 1 is 1.10 bits per heavy atom. The minimum Gasteiger partial charge on any atom is -0.486 e. The molecule has 0 aromatic heterocycles. The molecule has 2 atom stereocenters. The van der Waals surface area contributed by atoms with Crippen molar-refractivity contribution < 1.29 is 9.47 Å². The molecule has 0 spiro atoms. The van der Waals surface area contributed by atoms with Crippen LogP contribution in [0.15, 0.2) is 18.2 Å². The van der Waals surface area contributed by atoms with Crippen LogP contribution in [0, 0.1) is 5.92 Å². The zero-order valence-corrected chi connectivity index (χ0v) is 13.1. The van der Waals surface area contributed by atoms with Crippen LogP contribution in [0.1, 0.15) is 44.6 Å². The van der Waals surface area contributed by atoms with E-state index in [9.17, 15) is 0 Å². The average Bonchev–Trinajstić information content (AvgIpc) is 2.55. The first kappa shape index (κ1) is 14.7. The van der Waals surface area contributed by atoms with Gasteiger partial charge >= 0.3 is 0 Å². The van der Waals surface area contributed by atoms with Gasteiger partial charge in [-0.15, -0.1) is 0 Å². The molecular weight excluding hydrogens is 262 g/mol. The van der Waals surface area contributed by atoms with Gasteiger partial charge in [0, 0.05) is 6.04 Å². The highest BCUT2D eigenvalue weighted by Gasteiger charge is 2.22. The zero-order chi connectivity index (χ0) is 14.5.